The highest BCUT2D eigenvalue weighted by atomic mass is 35.5. The van der Waals surface area contributed by atoms with Crippen molar-refractivity contribution in [2.45, 2.75) is 28.0 Å². The number of para-hydroxylation sites is 1. The first-order chi connectivity index (χ1) is 22.3. The van der Waals surface area contributed by atoms with Crippen molar-refractivity contribution >= 4 is 58.4 Å². The molecule has 6 nitrogen and oxygen atoms in total. The van der Waals surface area contributed by atoms with Gasteiger partial charge in [-0.05, 0) is 109 Å². The molecular weight excluding hydrogens is 638 g/mol. The Bertz CT molecular complexity index is 1830. The fourth-order valence-corrected chi connectivity index (χ4v) is 6.04. The number of carbonyl (C=O) groups is 3. The van der Waals surface area contributed by atoms with Crippen LogP contribution < -0.4 is 4.74 Å². The van der Waals surface area contributed by atoms with Crippen molar-refractivity contribution in [3.8, 4) is 11.5 Å². The molecule has 0 aliphatic rings. The molecule has 0 N–H and O–H groups in total. The summed E-state index contributed by atoms with van der Waals surface area (Å²) >= 11 is 9.01. The first kappa shape index (κ1) is 32.8. The highest BCUT2D eigenvalue weighted by molar-refractivity contribution is 7.99. The maximum atomic E-state index is 13.2. The molecule has 9 heteroatoms. The maximum Gasteiger partial charge on any atom is 0.331 e. The molecule has 0 aromatic heterocycles. The van der Waals surface area contributed by atoms with Crippen molar-refractivity contribution in [1.29, 1.82) is 0 Å². The monoisotopic (exact) mass is 665 g/mol. The van der Waals surface area contributed by atoms with E-state index in [0.29, 0.717) is 39.6 Å². The first-order valence-electron chi connectivity index (χ1n) is 14.3. The topological polar surface area (TPSA) is 82.0 Å². The van der Waals surface area contributed by atoms with Crippen LogP contribution >= 0.6 is 35.1 Å². The molecule has 46 heavy (non-hydrogen) atoms. The molecule has 0 radical (unpaired) electrons. The Labute approximate surface area is 280 Å². The third kappa shape index (κ3) is 9.44. The van der Waals surface area contributed by atoms with Crippen LogP contribution in [0.2, 0.25) is 5.02 Å². The summed E-state index contributed by atoms with van der Waals surface area (Å²) in [6.07, 6.45) is 0.312. The van der Waals surface area contributed by atoms with Gasteiger partial charge in [0.2, 0.25) is 5.78 Å². The van der Waals surface area contributed by atoms with Gasteiger partial charge in [-0.15, -0.1) is 11.8 Å². The molecule has 5 aromatic carbocycles. The molecule has 0 aliphatic carbocycles. The molecule has 0 bridgehead atoms. The van der Waals surface area contributed by atoms with Crippen LogP contribution in [0.3, 0.4) is 0 Å². The van der Waals surface area contributed by atoms with E-state index >= 15 is 0 Å². The number of nitrogens with zero attached hydrogens (tertiary/aromatic N) is 1. The van der Waals surface area contributed by atoms with Crippen LogP contribution in [-0.4, -0.2) is 29.0 Å². The molecule has 5 rings (SSSR count). The van der Waals surface area contributed by atoms with Gasteiger partial charge >= 0.3 is 5.97 Å². The van der Waals surface area contributed by atoms with Crippen molar-refractivity contribution in [2.24, 2.45) is 5.16 Å². The Balaban J connectivity index is 1.17. The number of halogens is 1. The van der Waals surface area contributed by atoms with Gasteiger partial charge in [0, 0.05) is 55.5 Å². The number of hydrogen-bond acceptors (Lipinski definition) is 8. The minimum absolute atomic E-state index is 0.0801. The van der Waals surface area contributed by atoms with Crippen molar-refractivity contribution in [3.05, 3.63) is 149 Å². The van der Waals surface area contributed by atoms with Crippen molar-refractivity contribution in [3.63, 3.8) is 0 Å². The predicted molar refractivity (Wildman–Crippen MR) is 184 cm³/mol. The summed E-state index contributed by atoms with van der Waals surface area (Å²) in [4.78, 5) is 45.3. The molecule has 0 atom stereocenters. The van der Waals surface area contributed by atoms with Gasteiger partial charge in [-0.3, -0.25) is 9.59 Å². The SMILES string of the molecule is CC(=O)O/N=C(\CCSc1ccc(Cl)cc1)C(=O)c1ccc(Sc2ccc(C(=O)c3ccc(Oc4ccccc4)cc3)cc2)cc1. The highest BCUT2D eigenvalue weighted by Crippen LogP contribution is 2.29. The van der Waals surface area contributed by atoms with Gasteiger partial charge < -0.3 is 9.57 Å². The normalized spacial score (nSPS) is 11.1. The van der Waals surface area contributed by atoms with Gasteiger partial charge in [0.05, 0.1) is 0 Å². The van der Waals surface area contributed by atoms with E-state index in [4.69, 9.17) is 21.2 Å². The zero-order valence-corrected chi connectivity index (χ0v) is 27.1. The number of ketones is 2. The molecule has 0 saturated heterocycles. The van der Waals surface area contributed by atoms with Crippen LogP contribution in [0.4, 0.5) is 0 Å². The Morgan fingerprint density at radius 1 is 0.652 bits per heavy atom. The van der Waals surface area contributed by atoms with Crippen LogP contribution in [0, 0.1) is 0 Å². The Kier molecular flexibility index (Phi) is 11.5. The van der Waals surface area contributed by atoms with E-state index in [1.807, 2.05) is 66.7 Å². The van der Waals surface area contributed by atoms with E-state index in [2.05, 4.69) is 5.16 Å². The van der Waals surface area contributed by atoms with Gasteiger partial charge in [-0.1, -0.05) is 46.7 Å². The number of Topliss-reactive ketones (excluding diaryl/α,β-unsaturated/α-hetero) is 1. The van der Waals surface area contributed by atoms with Gasteiger partial charge in [-0.2, -0.15) is 0 Å². The number of oxime groups is 1. The van der Waals surface area contributed by atoms with Crippen molar-refractivity contribution < 1.29 is 24.0 Å². The van der Waals surface area contributed by atoms with E-state index in [1.54, 1.807) is 72.4 Å². The second-order valence-corrected chi connectivity index (χ2v) is 12.7. The smallest absolute Gasteiger partial charge is 0.331 e. The van der Waals surface area contributed by atoms with Gasteiger partial charge in [0.15, 0.2) is 5.78 Å². The highest BCUT2D eigenvalue weighted by Gasteiger charge is 2.16. The van der Waals surface area contributed by atoms with Crippen LogP contribution in [0.25, 0.3) is 0 Å². The molecule has 0 saturated carbocycles. The first-order valence-corrected chi connectivity index (χ1v) is 16.5. The zero-order valence-electron chi connectivity index (χ0n) is 24.7. The second-order valence-electron chi connectivity index (χ2n) is 9.92. The van der Waals surface area contributed by atoms with E-state index in [-0.39, 0.29) is 17.3 Å². The molecule has 0 spiro atoms. The summed E-state index contributed by atoms with van der Waals surface area (Å²) < 4.78 is 5.82. The lowest BCUT2D eigenvalue weighted by atomic mass is 10.0. The average molecular weight is 666 g/mol. The summed E-state index contributed by atoms with van der Waals surface area (Å²) in [6, 6.07) is 38.5. The largest absolute Gasteiger partial charge is 0.457 e. The van der Waals surface area contributed by atoms with Crippen LogP contribution in [-0.2, 0) is 9.63 Å². The van der Waals surface area contributed by atoms with Gasteiger partial charge in [0.25, 0.3) is 0 Å². The molecular formula is C37H28ClNO5S2. The molecule has 0 aliphatic heterocycles. The maximum absolute atomic E-state index is 13.2. The summed E-state index contributed by atoms with van der Waals surface area (Å²) in [7, 11) is 0. The quantitative estimate of drug-likeness (QED) is 0.0407. The zero-order chi connectivity index (χ0) is 32.3. The van der Waals surface area contributed by atoms with E-state index in [1.165, 1.54) is 18.7 Å². The lowest BCUT2D eigenvalue weighted by Crippen LogP contribution is -2.16. The Morgan fingerprint density at radius 3 is 1.76 bits per heavy atom. The van der Waals surface area contributed by atoms with Crippen molar-refractivity contribution in [2.75, 3.05) is 5.75 Å². The van der Waals surface area contributed by atoms with Crippen LogP contribution in [0.1, 0.15) is 39.6 Å². The molecule has 0 unspecified atom stereocenters. The molecule has 230 valence electrons. The van der Waals surface area contributed by atoms with Crippen LogP contribution in [0.15, 0.2) is 147 Å². The minimum Gasteiger partial charge on any atom is -0.457 e. The molecule has 0 heterocycles. The number of ether oxygens (including phenoxy) is 1. The third-order valence-electron chi connectivity index (χ3n) is 6.53. The van der Waals surface area contributed by atoms with Gasteiger partial charge in [-0.25, -0.2) is 4.79 Å². The lowest BCUT2D eigenvalue weighted by Gasteiger charge is -2.08. The average Bonchev–Trinajstić information content (AvgIpc) is 3.08. The van der Waals surface area contributed by atoms with Gasteiger partial charge in [0.1, 0.15) is 17.2 Å². The fraction of sp³-hybridized carbons (Fsp3) is 0.0811. The van der Waals surface area contributed by atoms with Crippen molar-refractivity contribution in [1.82, 2.24) is 0 Å². The fourth-order valence-electron chi connectivity index (χ4n) is 4.23. The minimum atomic E-state index is -0.596. The lowest BCUT2D eigenvalue weighted by molar-refractivity contribution is -0.140. The number of hydrogen-bond donors (Lipinski definition) is 0. The third-order valence-corrected chi connectivity index (χ3v) is 8.81. The van der Waals surface area contributed by atoms with E-state index in [0.717, 1.165) is 20.4 Å². The second kappa shape index (κ2) is 16.1. The summed E-state index contributed by atoms with van der Waals surface area (Å²) in [5.41, 5.74) is 1.75. The summed E-state index contributed by atoms with van der Waals surface area (Å²) in [5, 5.41) is 4.50. The summed E-state index contributed by atoms with van der Waals surface area (Å²) in [6.45, 7) is 1.24. The Hall–Kier alpha value is -4.63. The Morgan fingerprint density at radius 2 is 1.17 bits per heavy atom. The molecule has 5 aromatic rings. The molecule has 0 amide bonds. The number of carbonyl (C=O) groups excluding carboxylic acids is 3. The number of rotatable bonds is 13. The molecule has 0 fully saturated rings. The predicted octanol–water partition coefficient (Wildman–Crippen LogP) is 9.80. The number of benzene rings is 5. The van der Waals surface area contributed by atoms with Crippen LogP contribution in [0.5, 0.6) is 11.5 Å². The van der Waals surface area contributed by atoms with E-state index < -0.39 is 5.97 Å². The standard InChI is InChI=1S/C37H28ClNO5S2/c1-25(40)44-39-35(23-24-45-32-21-13-29(38)14-22-32)37(42)28-11-19-34(20-12-28)46-33-17-9-27(10-18-33)36(41)26-7-15-31(16-8-26)43-30-5-3-2-4-6-30/h2-22H,23-24H2,1H3/b39-35+. The number of thioether (sulfide) groups is 1. The summed E-state index contributed by atoms with van der Waals surface area (Å²) in [5.74, 6) is 0.966. The van der Waals surface area contributed by atoms with E-state index in [9.17, 15) is 14.4 Å².